The summed E-state index contributed by atoms with van der Waals surface area (Å²) < 4.78 is 5.17. The average molecular weight is 522 g/mol. The monoisotopic (exact) mass is 521 g/mol. The number of nitrogens with zero attached hydrogens (tertiary/aromatic N) is 1. The molecule has 0 spiro atoms. The third-order valence-electron chi connectivity index (χ3n) is 5.03. The molecule has 196 valence electrons. The number of phenolic OH excluding ortho intramolecular Hbond substituents is 1. The summed E-state index contributed by atoms with van der Waals surface area (Å²) in [5.74, 6) is -1.55. The minimum Gasteiger partial charge on any atom is -0.508 e. The number of halogens is 1. The topological polar surface area (TPSA) is 148 Å². The highest BCUT2D eigenvalue weighted by atomic mass is 35.5. The summed E-state index contributed by atoms with van der Waals surface area (Å²) in [7, 11) is 0. The Morgan fingerprint density at radius 2 is 1.72 bits per heavy atom. The smallest absolute Gasteiger partial charge is 0.408 e. The van der Waals surface area contributed by atoms with Crippen LogP contribution >= 0.6 is 11.6 Å². The van der Waals surface area contributed by atoms with Crippen molar-refractivity contribution in [3.63, 3.8) is 0 Å². The first kappa shape index (κ1) is 28.9. The van der Waals surface area contributed by atoms with Crippen LogP contribution < -0.4 is 10.6 Å². The molecule has 2 atom stereocenters. The van der Waals surface area contributed by atoms with Gasteiger partial charge < -0.3 is 35.6 Å². The number of hydrogen-bond donors (Lipinski definition) is 5. The van der Waals surface area contributed by atoms with Crippen LogP contribution in [0.4, 0.5) is 10.5 Å². The molecule has 0 fully saturated rings. The number of alkyl carbamates (subject to hydrolysis) is 1. The van der Waals surface area contributed by atoms with Crippen molar-refractivity contribution in [3.8, 4) is 5.75 Å². The Morgan fingerprint density at radius 3 is 2.25 bits per heavy atom. The molecule has 0 aliphatic heterocycles. The molecule has 10 nitrogen and oxygen atoms in total. The number of aliphatic hydroxyl groups excluding tert-OH is 2. The Labute approximate surface area is 214 Å². The molecule has 2 unspecified atom stereocenters. The number of carbonyl (C=O) groups excluding carboxylic acids is 3. The van der Waals surface area contributed by atoms with Crippen molar-refractivity contribution in [2.24, 2.45) is 0 Å². The first-order valence-corrected chi connectivity index (χ1v) is 11.6. The van der Waals surface area contributed by atoms with Crippen molar-refractivity contribution in [3.05, 3.63) is 58.6 Å². The predicted octanol–water partition coefficient (Wildman–Crippen LogP) is 2.74. The van der Waals surface area contributed by atoms with E-state index in [9.17, 15) is 29.7 Å². The van der Waals surface area contributed by atoms with Crippen LogP contribution in [0.25, 0.3) is 0 Å². The maximum atomic E-state index is 13.6. The van der Waals surface area contributed by atoms with E-state index in [1.165, 1.54) is 24.3 Å². The number of ether oxygens (including phenoxy) is 1. The first-order chi connectivity index (χ1) is 16.9. The summed E-state index contributed by atoms with van der Waals surface area (Å²) in [5.41, 5.74) is 0.486. The second-order valence-corrected chi connectivity index (χ2v) is 9.46. The number of nitrogens with one attached hydrogen (secondary N) is 2. The van der Waals surface area contributed by atoms with Crippen LogP contribution in [0.1, 0.15) is 37.9 Å². The van der Waals surface area contributed by atoms with Gasteiger partial charge in [0.15, 0.2) is 0 Å². The lowest BCUT2D eigenvalue weighted by Crippen LogP contribution is -2.54. The maximum absolute atomic E-state index is 13.6. The Balaban J connectivity index is 2.47. The number of aliphatic hydroxyl groups is 2. The van der Waals surface area contributed by atoms with Gasteiger partial charge in [0.2, 0.25) is 5.91 Å². The molecule has 11 heteroatoms. The zero-order valence-corrected chi connectivity index (χ0v) is 21.4. The Kier molecular flexibility index (Phi) is 10.1. The van der Waals surface area contributed by atoms with E-state index in [1.54, 1.807) is 45.9 Å². The van der Waals surface area contributed by atoms with Gasteiger partial charge in [-0.05, 0) is 57.0 Å². The molecule has 3 amide bonds. The van der Waals surface area contributed by atoms with Gasteiger partial charge in [-0.2, -0.15) is 0 Å². The molecule has 0 bridgehead atoms. The van der Waals surface area contributed by atoms with Gasteiger partial charge in [-0.1, -0.05) is 35.9 Å². The molecule has 5 N–H and O–H groups in total. The molecule has 36 heavy (non-hydrogen) atoms. The van der Waals surface area contributed by atoms with E-state index in [1.807, 2.05) is 0 Å². The van der Waals surface area contributed by atoms with E-state index >= 15 is 0 Å². The molecule has 2 aromatic rings. The molecule has 0 aliphatic carbocycles. The number of phenols is 1. The van der Waals surface area contributed by atoms with Gasteiger partial charge in [-0.3, -0.25) is 9.59 Å². The quantitative estimate of drug-likeness (QED) is 0.340. The average Bonchev–Trinajstić information content (AvgIpc) is 2.79. The number of hydrogen-bond acceptors (Lipinski definition) is 7. The number of anilines is 1. The summed E-state index contributed by atoms with van der Waals surface area (Å²) >= 11 is 6.27. The molecule has 0 radical (unpaired) electrons. The van der Waals surface area contributed by atoms with Crippen molar-refractivity contribution in [2.75, 3.05) is 25.1 Å². The number of carbonyl (C=O) groups is 3. The summed E-state index contributed by atoms with van der Waals surface area (Å²) in [6.07, 6.45) is -0.934. The van der Waals surface area contributed by atoms with Crippen LogP contribution in [0, 0.1) is 6.92 Å². The Hall–Kier alpha value is -3.34. The highest BCUT2D eigenvalue weighted by molar-refractivity contribution is 6.34. The lowest BCUT2D eigenvalue weighted by Gasteiger charge is -2.33. The highest BCUT2D eigenvalue weighted by Crippen LogP contribution is 2.30. The normalized spacial score (nSPS) is 12.9. The standard InChI is InChI=1S/C25H32ClN3O7/c1-15-6-5-7-18(26)20(15)28-22(33)21(16-8-10-17(32)11-9-16)29(12-13-30)23(34)19(14-31)27-24(35)36-25(2,3)4/h5-11,19,21,30-32H,12-14H2,1-4H3,(H,27,35)(H,28,33). The zero-order chi connectivity index (χ0) is 27.0. The molecular weight excluding hydrogens is 490 g/mol. The third kappa shape index (κ3) is 7.84. The number of aryl methyl sites for hydroxylation is 1. The molecule has 0 aliphatic rings. The van der Waals surface area contributed by atoms with Crippen molar-refractivity contribution in [2.45, 2.75) is 45.4 Å². The maximum Gasteiger partial charge on any atom is 0.408 e. The fraction of sp³-hybridized carbons (Fsp3) is 0.400. The van der Waals surface area contributed by atoms with Gasteiger partial charge in [0.1, 0.15) is 23.4 Å². The van der Waals surface area contributed by atoms with Crippen LogP contribution in [-0.2, 0) is 14.3 Å². The van der Waals surface area contributed by atoms with E-state index < -0.39 is 48.8 Å². The molecule has 0 heterocycles. The third-order valence-corrected chi connectivity index (χ3v) is 5.35. The first-order valence-electron chi connectivity index (χ1n) is 11.2. The minimum absolute atomic E-state index is 0.0558. The number of para-hydroxylation sites is 1. The SMILES string of the molecule is Cc1cccc(Cl)c1NC(=O)C(c1ccc(O)cc1)N(CCO)C(=O)C(CO)NC(=O)OC(C)(C)C. The molecule has 0 saturated heterocycles. The van der Waals surface area contributed by atoms with Crippen LogP contribution in [0.5, 0.6) is 5.75 Å². The Morgan fingerprint density at radius 1 is 1.08 bits per heavy atom. The van der Waals surface area contributed by atoms with Crippen molar-refractivity contribution < 1.29 is 34.4 Å². The largest absolute Gasteiger partial charge is 0.508 e. The number of amides is 3. The molecule has 0 aromatic heterocycles. The summed E-state index contributed by atoms with van der Waals surface area (Å²) in [4.78, 5) is 40.3. The van der Waals surface area contributed by atoms with E-state index in [4.69, 9.17) is 16.3 Å². The van der Waals surface area contributed by atoms with Crippen LogP contribution in [0.15, 0.2) is 42.5 Å². The minimum atomic E-state index is -1.46. The summed E-state index contributed by atoms with van der Waals surface area (Å²) in [5, 5.41) is 34.6. The zero-order valence-electron chi connectivity index (χ0n) is 20.6. The van der Waals surface area contributed by atoms with Gasteiger partial charge in [-0.15, -0.1) is 0 Å². The van der Waals surface area contributed by atoms with Gasteiger partial charge in [0.25, 0.3) is 5.91 Å². The van der Waals surface area contributed by atoms with Gasteiger partial charge in [0, 0.05) is 6.54 Å². The fourth-order valence-electron chi connectivity index (χ4n) is 3.42. The van der Waals surface area contributed by atoms with Gasteiger partial charge >= 0.3 is 6.09 Å². The lowest BCUT2D eigenvalue weighted by molar-refractivity contribution is -0.142. The lowest BCUT2D eigenvalue weighted by atomic mass is 10.0. The number of benzene rings is 2. The molecule has 0 saturated carbocycles. The fourth-order valence-corrected chi connectivity index (χ4v) is 3.69. The van der Waals surface area contributed by atoms with E-state index in [0.717, 1.165) is 4.90 Å². The van der Waals surface area contributed by atoms with Crippen LogP contribution in [0.3, 0.4) is 0 Å². The summed E-state index contributed by atoms with van der Waals surface area (Å²) in [6, 6.07) is 7.90. The van der Waals surface area contributed by atoms with E-state index in [0.29, 0.717) is 16.8 Å². The molecule has 2 aromatic carbocycles. The summed E-state index contributed by atoms with van der Waals surface area (Å²) in [6.45, 7) is 5.08. The molecular formula is C25H32ClN3O7. The highest BCUT2D eigenvalue weighted by Gasteiger charge is 2.36. The van der Waals surface area contributed by atoms with Crippen molar-refractivity contribution in [1.29, 1.82) is 0 Å². The van der Waals surface area contributed by atoms with Gasteiger partial charge in [-0.25, -0.2) is 4.79 Å². The van der Waals surface area contributed by atoms with E-state index in [2.05, 4.69) is 10.6 Å². The van der Waals surface area contributed by atoms with Crippen molar-refractivity contribution >= 4 is 35.2 Å². The van der Waals surface area contributed by atoms with Crippen molar-refractivity contribution in [1.82, 2.24) is 10.2 Å². The molecule has 2 rings (SSSR count). The number of aromatic hydroxyl groups is 1. The number of rotatable bonds is 9. The second-order valence-electron chi connectivity index (χ2n) is 9.05. The van der Waals surface area contributed by atoms with Gasteiger partial charge in [0.05, 0.1) is 23.9 Å². The second kappa shape index (κ2) is 12.6. The van der Waals surface area contributed by atoms with E-state index in [-0.39, 0.29) is 17.3 Å². The van der Waals surface area contributed by atoms with Crippen LogP contribution in [-0.4, -0.2) is 69.5 Å². The predicted molar refractivity (Wildman–Crippen MR) is 135 cm³/mol. The van der Waals surface area contributed by atoms with Crippen LogP contribution in [0.2, 0.25) is 5.02 Å². The Bertz CT molecular complexity index is 1050.